The van der Waals surface area contributed by atoms with Crippen molar-refractivity contribution in [2.24, 2.45) is 0 Å². The molecule has 0 aliphatic heterocycles. The van der Waals surface area contributed by atoms with E-state index in [1.165, 1.54) is 5.39 Å². The molecule has 0 aliphatic carbocycles. The van der Waals surface area contributed by atoms with E-state index in [4.69, 9.17) is 19.4 Å². The Morgan fingerprint density at radius 2 is 0.960 bits per heavy atom. The summed E-state index contributed by atoms with van der Waals surface area (Å²) >= 11 is 0. The van der Waals surface area contributed by atoms with Crippen LogP contribution < -0.4 is 0 Å². The standard InChI is InChI=1S/C45H28N4O/c1-3-14-29(15-4-1)43-46-44(30-16-5-2-6-17-30)48-45(47-43)36-20-8-11-24-39(36)49-38-23-10-7-18-33(38)37-28-31(26-27-40(37)49)32-21-13-22-35-34-19-9-12-25-41(34)50-42(32)35/h1-28H. The highest BCUT2D eigenvalue weighted by atomic mass is 16.3. The van der Waals surface area contributed by atoms with Gasteiger partial charge in [-0.15, -0.1) is 0 Å². The Hall–Kier alpha value is -6.85. The number of fused-ring (bicyclic) bond motifs is 6. The average Bonchev–Trinajstić information content (AvgIpc) is 3.74. The lowest BCUT2D eigenvalue weighted by Gasteiger charge is -2.14. The summed E-state index contributed by atoms with van der Waals surface area (Å²) in [5, 5.41) is 4.58. The molecule has 0 fully saturated rings. The van der Waals surface area contributed by atoms with Gasteiger partial charge in [-0.2, -0.15) is 0 Å². The van der Waals surface area contributed by atoms with E-state index in [1.807, 2.05) is 78.9 Å². The van der Waals surface area contributed by atoms with E-state index in [0.29, 0.717) is 17.5 Å². The lowest BCUT2D eigenvalue weighted by molar-refractivity contribution is 0.670. The molecule has 0 spiro atoms. The molecule has 5 heteroatoms. The molecule has 0 aliphatic rings. The van der Waals surface area contributed by atoms with Crippen molar-refractivity contribution in [1.82, 2.24) is 19.5 Å². The molecule has 0 saturated heterocycles. The van der Waals surface area contributed by atoms with Crippen LogP contribution in [0.4, 0.5) is 0 Å². The average molecular weight is 641 g/mol. The number of aromatic nitrogens is 4. The van der Waals surface area contributed by atoms with E-state index in [-0.39, 0.29) is 0 Å². The minimum Gasteiger partial charge on any atom is -0.455 e. The Balaban J connectivity index is 1.19. The topological polar surface area (TPSA) is 56.7 Å². The molecular weight excluding hydrogens is 613 g/mol. The zero-order valence-corrected chi connectivity index (χ0v) is 26.9. The van der Waals surface area contributed by atoms with E-state index in [0.717, 1.165) is 71.9 Å². The van der Waals surface area contributed by atoms with Crippen molar-refractivity contribution in [1.29, 1.82) is 0 Å². The molecule has 0 unspecified atom stereocenters. The van der Waals surface area contributed by atoms with Gasteiger partial charge in [-0.25, -0.2) is 15.0 Å². The van der Waals surface area contributed by atoms with Crippen molar-refractivity contribution in [3.05, 3.63) is 170 Å². The Morgan fingerprint density at radius 3 is 1.74 bits per heavy atom. The predicted molar refractivity (Wildman–Crippen MR) is 203 cm³/mol. The highest BCUT2D eigenvalue weighted by Gasteiger charge is 2.20. The van der Waals surface area contributed by atoms with Gasteiger partial charge in [0.25, 0.3) is 0 Å². The van der Waals surface area contributed by atoms with Gasteiger partial charge in [0.1, 0.15) is 11.2 Å². The van der Waals surface area contributed by atoms with Crippen molar-refractivity contribution in [3.63, 3.8) is 0 Å². The maximum Gasteiger partial charge on any atom is 0.166 e. The fourth-order valence-electron chi connectivity index (χ4n) is 7.16. The summed E-state index contributed by atoms with van der Waals surface area (Å²) in [4.78, 5) is 15.1. The number of furan rings is 1. The Morgan fingerprint density at radius 1 is 0.380 bits per heavy atom. The van der Waals surface area contributed by atoms with Gasteiger partial charge in [0, 0.05) is 43.8 Å². The van der Waals surface area contributed by atoms with Crippen molar-refractivity contribution in [2.75, 3.05) is 0 Å². The van der Waals surface area contributed by atoms with Crippen LogP contribution in [0.1, 0.15) is 0 Å². The number of benzene rings is 7. The van der Waals surface area contributed by atoms with E-state index < -0.39 is 0 Å². The zero-order chi connectivity index (χ0) is 33.0. The molecule has 0 radical (unpaired) electrons. The smallest absolute Gasteiger partial charge is 0.166 e. The molecule has 3 aromatic heterocycles. The molecule has 0 saturated carbocycles. The van der Waals surface area contributed by atoms with E-state index in [2.05, 4.69) is 95.6 Å². The van der Waals surface area contributed by atoms with Gasteiger partial charge >= 0.3 is 0 Å². The van der Waals surface area contributed by atoms with E-state index in [9.17, 15) is 0 Å². The third-order valence-corrected chi connectivity index (χ3v) is 9.47. The highest BCUT2D eigenvalue weighted by molar-refractivity contribution is 6.13. The summed E-state index contributed by atoms with van der Waals surface area (Å²) < 4.78 is 8.77. The minimum absolute atomic E-state index is 0.618. The van der Waals surface area contributed by atoms with Crippen LogP contribution in [0.25, 0.3) is 94.7 Å². The van der Waals surface area contributed by atoms with Gasteiger partial charge in [-0.05, 0) is 42.0 Å². The van der Waals surface area contributed by atoms with Crippen LogP contribution in [0.15, 0.2) is 174 Å². The summed E-state index contributed by atoms with van der Waals surface area (Å²) in [5.41, 5.74) is 9.98. The largest absolute Gasteiger partial charge is 0.455 e. The van der Waals surface area contributed by atoms with Crippen LogP contribution in [0.3, 0.4) is 0 Å². The van der Waals surface area contributed by atoms with Crippen LogP contribution >= 0.6 is 0 Å². The molecule has 5 nitrogen and oxygen atoms in total. The highest BCUT2D eigenvalue weighted by Crippen LogP contribution is 2.40. The van der Waals surface area contributed by atoms with Gasteiger partial charge < -0.3 is 8.98 Å². The van der Waals surface area contributed by atoms with Crippen molar-refractivity contribution in [3.8, 4) is 51.0 Å². The van der Waals surface area contributed by atoms with Gasteiger partial charge in [-0.1, -0.05) is 133 Å². The van der Waals surface area contributed by atoms with Crippen LogP contribution in [0.5, 0.6) is 0 Å². The number of hydrogen-bond donors (Lipinski definition) is 0. The third-order valence-electron chi connectivity index (χ3n) is 9.47. The van der Waals surface area contributed by atoms with Gasteiger partial charge in [0.2, 0.25) is 0 Å². The summed E-state index contributed by atoms with van der Waals surface area (Å²) in [6.07, 6.45) is 0. The third kappa shape index (κ3) is 4.52. The molecule has 0 N–H and O–H groups in total. The van der Waals surface area contributed by atoms with Gasteiger partial charge in [0.15, 0.2) is 17.5 Å². The minimum atomic E-state index is 0.618. The van der Waals surface area contributed by atoms with Crippen molar-refractivity contribution in [2.45, 2.75) is 0 Å². The number of rotatable bonds is 5. The Labute approximate surface area is 287 Å². The second-order valence-electron chi connectivity index (χ2n) is 12.4. The fourth-order valence-corrected chi connectivity index (χ4v) is 7.16. The molecule has 3 heterocycles. The second-order valence-corrected chi connectivity index (χ2v) is 12.4. The van der Waals surface area contributed by atoms with Crippen LogP contribution in [0, 0.1) is 0 Å². The van der Waals surface area contributed by atoms with Crippen LogP contribution in [-0.2, 0) is 0 Å². The molecule has 7 aromatic carbocycles. The Kier molecular flexibility index (Phi) is 6.42. The van der Waals surface area contributed by atoms with E-state index in [1.54, 1.807) is 0 Å². The SMILES string of the molecule is c1ccc(-c2nc(-c3ccccc3)nc(-c3ccccc3-n3c4ccccc4c4cc(-c5cccc6c5oc5ccccc56)ccc43)n2)cc1. The number of para-hydroxylation sites is 4. The summed E-state index contributed by atoms with van der Waals surface area (Å²) in [7, 11) is 0. The molecule has 0 amide bonds. The van der Waals surface area contributed by atoms with Crippen LogP contribution in [0.2, 0.25) is 0 Å². The lowest BCUT2D eigenvalue weighted by atomic mass is 10.0. The number of nitrogens with zero attached hydrogens (tertiary/aromatic N) is 4. The summed E-state index contributed by atoms with van der Waals surface area (Å²) in [5.74, 6) is 1.89. The number of hydrogen-bond acceptors (Lipinski definition) is 4. The first-order valence-electron chi connectivity index (χ1n) is 16.7. The maximum absolute atomic E-state index is 6.44. The van der Waals surface area contributed by atoms with Crippen LogP contribution in [-0.4, -0.2) is 19.5 Å². The predicted octanol–water partition coefficient (Wildman–Crippen LogP) is 11.5. The molecule has 10 aromatic rings. The van der Waals surface area contributed by atoms with Gasteiger partial charge in [0.05, 0.1) is 16.7 Å². The summed E-state index contributed by atoms with van der Waals surface area (Å²) in [6.45, 7) is 0. The van der Waals surface area contributed by atoms with E-state index >= 15 is 0 Å². The first-order valence-corrected chi connectivity index (χ1v) is 16.7. The quantitative estimate of drug-likeness (QED) is 0.188. The molecule has 0 bridgehead atoms. The zero-order valence-electron chi connectivity index (χ0n) is 26.9. The molecule has 50 heavy (non-hydrogen) atoms. The first kappa shape index (κ1) is 28.2. The summed E-state index contributed by atoms with van der Waals surface area (Å²) in [6, 6.07) is 58.5. The molecular formula is C45H28N4O. The molecule has 0 atom stereocenters. The van der Waals surface area contributed by atoms with Crippen molar-refractivity contribution >= 4 is 43.7 Å². The van der Waals surface area contributed by atoms with Crippen molar-refractivity contribution < 1.29 is 4.42 Å². The normalized spacial score (nSPS) is 11.6. The lowest BCUT2D eigenvalue weighted by Crippen LogP contribution is -2.03. The monoisotopic (exact) mass is 640 g/mol. The fraction of sp³-hybridized carbons (Fsp3) is 0. The second kappa shape index (κ2) is 11.4. The maximum atomic E-state index is 6.44. The molecule has 234 valence electrons. The Bertz CT molecular complexity index is 2810. The molecule has 10 rings (SSSR count). The van der Waals surface area contributed by atoms with Gasteiger partial charge in [-0.3, -0.25) is 0 Å². The first-order chi connectivity index (χ1) is 24.8.